The minimum Gasteiger partial charge on any atom is -0.491 e. The molecule has 2 aliphatic heterocycles. The first-order chi connectivity index (χ1) is 16.4. The zero-order chi connectivity index (χ0) is 24.1. The molecule has 1 saturated heterocycles. The fourth-order valence-electron chi connectivity index (χ4n) is 4.60. The monoisotopic (exact) mass is 488 g/mol. The molecule has 0 aliphatic carbocycles. The van der Waals surface area contributed by atoms with Crippen LogP contribution in [-0.4, -0.2) is 60.6 Å². The van der Waals surface area contributed by atoms with Gasteiger partial charge in [-0.05, 0) is 66.5 Å². The molecular formula is C26H33FN2O4S. The number of hydrogen-bond donors (Lipinski definition) is 0. The van der Waals surface area contributed by atoms with E-state index in [9.17, 15) is 14.0 Å². The van der Waals surface area contributed by atoms with Crippen LogP contribution >= 0.6 is 11.3 Å². The summed E-state index contributed by atoms with van der Waals surface area (Å²) in [6.07, 6.45) is 3.09. The largest absolute Gasteiger partial charge is 0.491 e. The molecule has 0 bridgehead atoms. The molecule has 8 heteroatoms. The molecule has 1 aromatic heterocycles. The molecule has 2 amide bonds. The van der Waals surface area contributed by atoms with Gasteiger partial charge >= 0.3 is 0 Å². The highest BCUT2D eigenvalue weighted by atomic mass is 32.1. The van der Waals surface area contributed by atoms with E-state index in [0.29, 0.717) is 31.9 Å². The van der Waals surface area contributed by atoms with Gasteiger partial charge in [-0.15, -0.1) is 11.3 Å². The second-order valence-electron chi connectivity index (χ2n) is 9.42. The summed E-state index contributed by atoms with van der Waals surface area (Å²) in [6.45, 7) is 6.07. The van der Waals surface area contributed by atoms with E-state index in [1.165, 1.54) is 17.0 Å². The van der Waals surface area contributed by atoms with Crippen molar-refractivity contribution in [2.45, 2.75) is 51.7 Å². The molecule has 34 heavy (non-hydrogen) atoms. The number of nitrogens with zero attached hydrogens (tertiary/aromatic N) is 2. The molecular weight excluding hydrogens is 455 g/mol. The number of carbonyl (C=O) groups excluding carboxylic acids is 2. The van der Waals surface area contributed by atoms with Crippen LogP contribution in [0.2, 0.25) is 0 Å². The SMILES string of the molecule is CC(C)CC(=O)N(CC(=O)N1CCc2sccc2[C@H]1COc1ccc(F)cc1)C[C@H]1CCCO1. The number of halogens is 1. The maximum atomic E-state index is 13.6. The number of rotatable bonds is 9. The Hall–Kier alpha value is -2.45. The lowest BCUT2D eigenvalue weighted by atomic mass is 10.00. The Labute approximate surface area is 204 Å². The van der Waals surface area contributed by atoms with Crippen molar-refractivity contribution < 1.29 is 23.5 Å². The van der Waals surface area contributed by atoms with Gasteiger partial charge < -0.3 is 19.3 Å². The van der Waals surface area contributed by atoms with Gasteiger partial charge in [-0.2, -0.15) is 0 Å². The summed E-state index contributed by atoms with van der Waals surface area (Å²) < 4.78 is 25.0. The topological polar surface area (TPSA) is 59.1 Å². The van der Waals surface area contributed by atoms with E-state index in [0.717, 1.165) is 24.8 Å². The van der Waals surface area contributed by atoms with Crippen LogP contribution < -0.4 is 4.74 Å². The van der Waals surface area contributed by atoms with Gasteiger partial charge in [-0.3, -0.25) is 9.59 Å². The van der Waals surface area contributed by atoms with Crippen LogP contribution in [0.1, 0.15) is 49.6 Å². The van der Waals surface area contributed by atoms with Crippen molar-refractivity contribution >= 4 is 23.2 Å². The highest BCUT2D eigenvalue weighted by Gasteiger charge is 2.34. The summed E-state index contributed by atoms with van der Waals surface area (Å²) in [7, 11) is 0. The average molecular weight is 489 g/mol. The van der Waals surface area contributed by atoms with E-state index in [-0.39, 0.29) is 48.8 Å². The Morgan fingerprint density at radius 1 is 1.26 bits per heavy atom. The number of ether oxygens (including phenoxy) is 2. The van der Waals surface area contributed by atoms with Crippen molar-refractivity contribution in [1.29, 1.82) is 0 Å². The number of amides is 2. The van der Waals surface area contributed by atoms with Crippen molar-refractivity contribution in [2.75, 3.05) is 32.8 Å². The third-order valence-corrected chi connectivity index (χ3v) is 7.34. The van der Waals surface area contributed by atoms with E-state index < -0.39 is 0 Å². The van der Waals surface area contributed by atoms with Gasteiger partial charge in [0.25, 0.3) is 0 Å². The molecule has 0 unspecified atom stereocenters. The van der Waals surface area contributed by atoms with E-state index in [4.69, 9.17) is 9.47 Å². The quantitative estimate of drug-likeness (QED) is 0.524. The van der Waals surface area contributed by atoms with Crippen LogP contribution in [0.3, 0.4) is 0 Å². The summed E-state index contributed by atoms with van der Waals surface area (Å²) in [6, 6.07) is 7.69. The minimum absolute atomic E-state index is 0.00801. The zero-order valence-corrected chi connectivity index (χ0v) is 20.7. The summed E-state index contributed by atoms with van der Waals surface area (Å²) in [5.74, 6) is 0.364. The van der Waals surface area contributed by atoms with Gasteiger partial charge in [-0.25, -0.2) is 4.39 Å². The van der Waals surface area contributed by atoms with Gasteiger partial charge in [-0.1, -0.05) is 13.8 Å². The summed E-state index contributed by atoms with van der Waals surface area (Å²) >= 11 is 1.69. The molecule has 0 saturated carbocycles. The molecule has 184 valence electrons. The maximum Gasteiger partial charge on any atom is 0.242 e. The van der Waals surface area contributed by atoms with E-state index in [2.05, 4.69) is 0 Å². The number of thiophene rings is 1. The van der Waals surface area contributed by atoms with Crippen LogP contribution in [0.25, 0.3) is 0 Å². The molecule has 2 aliphatic rings. The van der Waals surface area contributed by atoms with Crippen molar-refractivity contribution in [3.63, 3.8) is 0 Å². The Kier molecular flexibility index (Phi) is 8.21. The van der Waals surface area contributed by atoms with Gasteiger partial charge in [0.15, 0.2) is 0 Å². The van der Waals surface area contributed by atoms with E-state index >= 15 is 0 Å². The molecule has 3 heterocycles. The van der Waals surface area contributed by atoms with E-state index in [1.807, 2.05) is 30.2 Å². The molecule has 1 aromatic carbocycles. The zero-order valence-electron chi connectivity index (χ0n) is 19.9. The number of hydrogen-bond acceptors (Lipinski definition) is 5. The standard InChI is InChI=1S/C26H33FN2O4S/c1-18(2)14-25(30)28(15-21-4-3-12-32-21)16-26(31)29-11-9-24-22(10-13-34-24)23(29)17-33-20-7-5-19(27)6-8-20/h5-8,10,13,18,21,23H,3-4,9,11-12,14-17H2,1-2H3/t21-,23-/m1/s1. The van der Waals surface area contributed by atoms with Crippen molar-refractivity contribution in [1.82, 2.24) is 9.80 Å². The van der Waals surface area contributed by atoms with Gasteiger partial charge in [0, 0.05) is 31.0 Å². The second-order valence-corrected chi connectivity index (χ2v) is 10.4. The molecule has 0 N–H and O–H groups in total. The maximum absolute atomic E-state index is 13.6. The van der Waals surface area contributed by atoms with Crippen molar-refractivity contribution in [2.24, 2.45) is 5.92 Å². The third-order valence-electron chi connectivity index (χ3n) is 6.35. The Bertz CT molecular complexity index is 971. The average Bonchev–Trinajstić information content (AvgIpc) is 3.49. The fourth-order valence-corrected chi connectivity index (χ4v) is 5.53. The molecule has 4 rings (SSSR count). The van der Waals surface area contributed by atoms with Crippen molar-refractivity contribution in [3.05, 3.63) is 52.0 Å². The summed E-state index contributed by atoms with van der Waals surface area (Å²) in [4.78, 5) is 31.3. The van der Waals surface area contributed by atoms with Gasteiger partial charge in [0.1, 0.15) is 18.2 Å². The lowest BCUT2D eigenvalue weighted by Gasteiger charge is -2.37. The van der Waals surface area contributed by atoms with Crippen LogP contribution in [0, 0.1) is 11.7 Å². The Morgan fingerprint density at radius 3 is 2.76 bits per heavy atom. The third kappa shape index (κ3) is 6.16. The predicted molar refractivity (Wildman–Crippen MR) is 129 cm³/mol. The predicted octanol–water partition coefficient (Wildman–Crippen LogP) is 4.45. The number of carbonyl (C=O) groups is 2. The Balaban J connectivity index is 1.48. The van der Waals surface area contributed by atoms with Crippen molar-refractivity contribution in [3.8, 4) is 5.75 Å². The first-order valence-electron chi connectivity index (χ1n) is 12.0. The minimum atomic E-state index is -0.320. The fraction of sp³-hybridized carbons (Fsp3) is 0.538. The van der Waals surface area contributed by atoms with Crippen LogP contribution in [-0.2, 0) is 20.7 Å². The summed E-state index contributed by atoms with van der Waals surface area (Å²) in [5, 5.41) is 2.04. The van der Waals surface area contributed by atoms with Crippen LogP contribution in [0.5, 0.6) is 5.75 Å². The van der Waals surface area contributed by atoms with Gasteiger partial charge in [0.05, 0.1) is 18.7 Å². The van der Waals surface area contributed by atoms with E-state index in [1.54, 1.807) is 28.4 Å². The molecule has 0 radical (unpaired) electrons. The van der Waals surface area contributed by atoms with Gasteiger partial charge in [0.2, 0.25) is 11.8 Å². The number of benzene rings is 1. The summed E-state index contributed by atoms with van der Waals surface area (Å²) in [5.41, 5.74) is 1.09. The molecule has 6 nitrogen and oxygen atoms in total. The second kappa shape index (κ2) is 11.3. The number of fused-ring (bicyclic) bond motifs is 1. The lowest BCUT2D eigenvalue weighted by molar-refractivity contribution is -0.144. The molecule has 2 aromatic rings. The first-order valence-corrected chi connectivity index (χ1v) is 12.9. The highest BCUT2D eigenvalue weighted by Crippen LogP contribution is 2.34. The molecule has 1 fully saturated rings. The van der Waals surface area contributed by atoms with Crippen LogP contribution in [0.15, 0.2) is 35.7 Å². The normalized spacial score (nSPS) is 19.8. The smallest absolute Gasteiger partial charge is 0.242 e. The molecule has 2 atom stereocenters. The highest BCUT2D eigenvalue weighted by molar-refractivity contribution is 7.10. The Morgan fingerprint density at radius 2 is 2.06 bits per heavy atom. The van der Waals surface area contributed by atoms with Crippen LogP contribution in [0.4, 0.5) is 4.39 Å². The first kappa shape index (κ1) is 24.7. The lowest BCUT2D eigenvalue weighted by Crippen LogP contribution is -2.49. The molecule has 0 spiro atoms.